The SMILES string of the molecule is CCN(CC)c1ccc(-c2nnc(SCn3nnc4ccccc4c3=O)n2C)cc1. The Hall–Kier alpha value is -3.20. The smallest absolute Gasteiger partial charge is 0.278 e. The highest BCUT2D eigenvalue weighted by atomic mass is 32.2. The van der Waals surface area contributed by atoms with Crippen LogP contribution < -0.4 is 10.5 Å². The van der Waals surface area contributed by atoms with Crippen molar-refractivity contribution < 1.29 is 0 Å². The summed E-state index contributed by atoms with van der Waals surface area (Å²) in [7, 11) is 1.92. The van der Waals surface area contributed by atoms with Crippen molar-refractivity contribution in [3.05, 3.63) is 58.9 Å². The predicted molar refractivity (Wildman–Crippen MR) is 120 cm³/mol. The maximum atomic E-state index is 12.6. The number of hydrogen-bond donors (Lipinski definition) is 0. The molecule has 0 saturated heterocycles. The lowest BCUT2D eigenvalue weighted by Crippen LogP contribution is -2.23. The van der Waals surface area contributed by atoms with Gasteiger partial charge < -0.3 is 9.47 Å². The second kappa shape index (κ2) is 8.66. The molecule has 9 heteroatoms. The van der Waals surface area contributed by atoms with E-state index in [0.29, 0.717) is 21.9 Å². The Morgan fingerprint density at radius 1 is 0.967 bits per heavy atom. The van der Waals surface area contributed by atoms with Gasteiger partial charge in [0.2, 0.25) is 0 Å². The van der Waals surface area contributed by atoms with Crippen molar-refractivity contribution in [1.29, 1.82) is 0 Å². The van der Waals surface area contributed by atoms with Crippen LogP contribution in [0.4, 0.5) is 5.69 Å². The van der Waals surface area contributed by atoms with Crippen LogP contribution in [0.5, 0.6) is 0 Å². The lowest BCUT2D eigenvalue weighted by Gasteiger charge is -2.21. The van der Waals surface area contributed by atoms with Crippen LogP contribution in [0.2, 0.25) is 0 Å². The number of rotatable bonds is 7. The second-order valence-corrected chi connectivity index (χ2v) is 7.68. The monoisotopic (exact) mass is 421 g/mol. The third kappa shape index (κ3) is 3.80. The molecule has 0 saturated carbocycles. The van der Waals surface area contributed by atoms with Gasteiger partial charge in [-0.1, -0.05) is 29.1 Å². The van der Waals surface area contributed by atoms with Gasteiger partial charge in [0, 0.05) is 31.4 Å². The van der Waals surface area contributed by atoms with Gasteiger partial charge in [0.25, 0.3) is 5.56 Å². The van der Waals surface area contributed by atoms with Gasteiger partial charge in [-0.15, -0.1) is 15.3 Å². The summed E-state index contributed by atoms with van der Waals surface area (Å²) in [5.41, 5.74) is 2.62. The molecule has 4 rings (SSSR count). The molecule has 2 aromatic carbocycles. The van der Waals surface area contributed by atoms with Gasteiger partial charge in [-0.2, -0.15) is 4.68 Å². The Kier molecular flexibility index (Phi) is 5.80. The van der Waals surface area contributed by atoms with E-state index in [1.54, 1.807) is 12.1 Å². The number of anilines is 1. The first-order valence-corrected chi connectivity index (χ1v) is 10.8. The van der Waals surface area contributed by atoms with Crippen LogP contribution in [0.25, 0.3) is 22.3 Å². The van der Waals surface area contributed by atoms with Gasteiger partial charge >= 0.3 is 0 Å². The van der Waals surface area contributed by atoms with E-state index in [1.165, 1.54) is 22.1 Å². The lowest BCUT2D eigenvalue weighted by atomic mass is 10.2. The zero-order valence-corrected chi connectivity index (χ0v) is 18.0. The summed E-state index contributed by atoms with van der Waals surface area (Å²) in [4.78, 5) is 14.9. The number of benzene rings is 2. The van der Waals surface area contributed by atoms with Crippen LogP contribution in [-0.2, 0) is 12.9 Å². The molecule has 0 unspecified atom stereocenters. The van der Waals surface area contributed by atoms with Crippen molar-refractivity contribution in [2.75, 3.05) is 18.0 Å². The molecule has 2 heterocycles. The molecule has 0 bridgehead atoms. The third-order valence-corrected chi connectivity index (χ3v) is 6.02. The van der Waals surface area contributed by atoms with Crippen LogP contribution in [-0.4, -0.2) is 42.8 Å². The molecule has 0 aliphatic heterocycles. The Morgan fingerprint density at radius 2 is 1.70 bits per heavy atom. The van der Waals surface area contributed by atoms with Crippen molar-refractivity contribution in [2.45, 2.75) is 24.9 Å². The van der Waals surface area contributed by atoms with E-state index >= 15 is 0 Å². The predicted octanol–water partition coefficient (Wildman–Crippen LogP) is 3.18. The molecule has 8 nitrogen and oxygen atoms in total. The quantitative estimate of drug-likeness (QED) is 0.424. The van der Waals surface area contributed by atoms with Gasteiger partial charge in [0.15, 0.2) is 11.0 Å². The Bertz CT molecular complexity index is 1210. The molecule has 0 aliphatic carbocycles. The lowest BCUT2D eigenvalue weighted by molar-refractivity contribution is 0.642. The third-order valence-electron chi connectivity index (χ3n) is 5.03. The summed E-state index contributed by atoms with van der Waals surface area (Å²) in [6.07, 6.45) is 0. The molecule has 0 radical (unpaired) electrons. The summed E-state index contributed by atoms with van der Waals surface area (Å²) in [6, 6.07) is 15.5. The molecule has 0 N–H and O–H groups in total. The van der Waals surface area contributed by atoms with Gasteiger partial charge in [-0.25, -0.2) is 0 Å². The molecule has 30 heavy (non-hydrogen) atoms. The first-order chi connectivity index (χ1) is 14.6. The minimum Gasteiger partial charge on any atom is -0.372 e. The average molecular weight is 422 g/mol. The van der Waals surface area contributed by atoms with E-state index in [2.05, 4.69) is 63.5 Å². The minimum absolute atomic E-state index is 0.164. The van der Waals surface area contributed by atoms with Gasteiger partial charge in [-0.3, -0.25) is 4.79 Å². The normalized spacial score (nSPS) is 11.2. The maximum absolute atomic E-state index is 12.6. The van der Waals surface area contributed by atoms with Crippen LogP contribution >= 0.6 is 11.8 Å². The van der Waals surface area contributed by atoms with E-state index in [0.717, 1.165) is 24.5 Å². The van der Waals surface area contributed by atoms with Gasteiger partial charge in [-0.05, 0) is 50.2 Å². The number of aromatic nitrogens is 6. The summed E-state index contributed by atoms with van der Waals surface area (Å²) in [6.45, 7) is 6.24. The van der Waals surface area contributed by atoms with Crippen molar-refractivity contribution in [3.63, 3.8) is 0 Å². The van der Waals surface area contributed by atoms with Crippen molar-refractivity contribution >= 4 is 28.4 Å². The van der Waals surface area contributed by atoms with Crippen molar-refractivity contribution in [1.82, 2.24) is 29.8 Å². The number of thioether (sulfide) groups is 1. The van der Waals surface area contributed by atoms with Crippen molar-refractivity contribution in [2.24, 2.45) is 7.05 Å². The molecule has 2 aromatic heterocycles. The van der Waals surface area contributed by atoms with Crippen LogP contribution in [0.1, 0.15) is 13.8 Å². The highest BCUT2D eigenvalue weighted by Crippen LogP contribution is 2.25. The molecule has 0 atom stereocenters. The molecule has 154 valence electrons. The highest BCUT2D eigenvalue weighted by molar-refractivity contribution is 7.98. The molecular formula is C21H23N7OS. The van der Waals surface area contributed by atoms with Crippen LogP contribution in [0, 0.1) is 0 Å². The van der Waals surface area contributed by atoms with Crippen molar-refractivity contribution in [3.8, 4) is 11.4 Å². The average Bonchev–Trinajstić information content (AvgIpc) is 3.15. The number of fused-ring (bicyclic) bond motifs is 1. The molecule has 0 aliphatic rings. The van der Waals surface area contributed by atoms with E-state index in [4.69, 9.17) is 0 Å². The van der Waals surface area contributed by atoms with E-state index in [-0.39, 0.29) is 5.56 Å². The van der Waals surface area contributed by atoms with Crippen LogP contribution in [0.15, 0.2) is 58.5 Å². The summed E-state index contributed by atoms with van der Waals surface area (Å²) in [5, 5.41) is 18.0. The van der Waals surface area contributed by atoms with Crippen LogP contribution in [0.3, 0.4) is 0 Å². The molecular weight excluding hydrogens is 398 g/mol. The Morgan fingerprint density at radius 3 is 2.43 bits per heavy atom. The summed E-state index contributed by atoms with van der Waals surface area (Å²) in [5.74, 6) is 1.09. The molecule has 4 aromatic rings. The summed E-state index contributed by atoms with van der Waals surface area (Å²) >= 11 is 1.40. The first-order valence-electron chi connectivity index (χ1n) is 9.82. The van der Waals surface area contributed by atoms with Gasteiger partial charge in [0.05, 0.1) is 11.3 Å². The fourth-order valence-corrected chi connectivity index (χ4v) is 4.11. The zero-order chi connectivity index (χ0) is 21.1. The molecule has 0 amide bonds. The molecule has 0 fully saturated rings. The van der Waals surface area contributed by atoms with Gasteiger partial charge in [0.1, 0.15) is 5.52 Å². The summed E-state index contributed by atoms with van der Waals surface area (Å²) < 4.78 is 3.27. The second-order valence-electron chi connectivity index (χ2n) is 6.77. The molecule has 0 spiro atoms. The van der Waals surface area contributed by atoms with E-state index in [9.17, 15) is 4.79 Å². The fourth-order valence-electron chi connectivity index (χ4n) is 3.33. The maximum Gasteiger partial charge on any atom is 0.278 e. The zero-order valence-electron chi connectivity index (χ0n) is 17.2. The van der Waals surface area contributed by atoms with E-state index in [1.807, 2.05) is 23.7 Å². The van der Waals surface area contributed by atoms with E-state index < -0.39 is 0 Å². The largest absolute Gasteiger partial charge is 0.372 e. The minimum atomic E-state index is -0.164. The number of hydrogen-bond acceptors (Lipinski definition) is 7. The topological polar surface area (TPSA) is 81.7 Å². The fraction of sp³-hybridized carbons (Fsp3) is 0.286. The number of nitrogens with zero attached hydrogens (tertiary/aromatic N) is 7. The Labute approximate surface area is 178 Å². The standard InChI is InChI=1S/C21H23N7OS/c1-4-27(5-2)16-12-10-15(11-13-16)19-23-24-21(26(19)3)30-14-28-20(29)17-8-6-7-9-18(17)22-25-28/h6-13H,4-5,14H2,1-3H3. The Balaban J connectivity index is 1.53. The highest BCUT2D eigenvalue weighted by Gasteiger charge is 2.13. The first kappa shape index (κ1) is 20.1.